The number of hydrogen-bond donors (Lipinski definition) is 3. The van der Waals surface area contributed by atoms with Crippen LogP contribution in [0.15, 0.2) is 60.7 Å². The van der Waals surface area contributed by atoms with Gasteiger partial charge in [-0.1, -0.05) is 38.1 Å². The van der Waals surface area contributed by atoms with Gasteiger partial charge in [0.05, 0.1) is 47.9 Å². The summed E-state index contributed by atoms with van der Waals surface area (Å²) in [6, 6.07) is 19.9. The molecule has 4 atom stereocenters. The number of aromatic nitrogens is 4. The van der Waals surface area contributed by atoms with E-state index in [2.05, 4.69) is 69.9 Å². The molecule has 0 aliphatic carbocycles. The number of nitrogens with one attached hydrogen (secondary N) is 3. The van der Waals surface area contributed by atoms with Crippen LogP contribution in [0.25, 0.3) is 55.1 Å². The third-order valence-electron chi connectivity index (χ3n) is 12.2. The molecule has 0 radical (unpaired) electrons. The molecule has 9 rings (SSSR count). The summed E-state index contributed by atoms with van der Waals surface area (Å²) in [6.45, 7) is 11.6. The van der Waals surface area contributed by atoms with E-state index in [4.69, 9.17) is 28.9 Å². The second-order valence-corrected chi connectivity index (χ2v) is 17.9. The van der Waals surface area contributed by atoms with Crippen molar-refractivity contribution in [3.63, 3.8) is 0 Å². The first kappa shape index (κ1) is 40.3. The molecule has 3 amide bonds. The van der Waals surface area contributed by atoms with Crippen LogP contribution in [0.2, 0.25) is 0 Å². The fraction of sp³-hybridized carbons (Fsp3) is 0.426. The minimum Gasteiger partial charge on any atom is -0.488 e. The molecule has 61 heavy (non-hydrogen) atoms. The van der Waals surface area contributed by atoms with Gasteiger partial charge in [-0.3, -0.25) is 9.69 Å². The van der Waals surface area contributed by atoms with Gasteiger partial charge in [-0.05, 0) is 110 Å². The summed E-state index contributed by atoms with van der Waals surface area (Å²) >= 11 is 0. The smallest absolute Gasteiger partial charge is 0.410 e. The number of methoxy groups -OCH3 is 2. The number of carbonyl (C=O) groups excluding carboxylic acids is 3. The van der Waals surface area contributed by atoms with Crippen LogP contribution in [0, 0.1) is 11.8 Å². The van der Waals surface area contributed by atoms with Crippen molar-refractivity contribution in [3.05, 3.63) is 77.9 Å². The Balaban J connectivity index is 0.972. The van der Waals surface area contributed by atoms with Crippen molar-refractivity contribution >= 4 is 50.9 Å². The molecule has 3 aliphatic heterocycles. The third kappa shape index (κ3) is 7.62. The molecule has 5 heterocycles. The number of hydrogen-bond acceptors (Lipinski definition) is 9. The van der Waals surface area contributed by atoms with Crippen molar-refractivity contribution in [3.8, 4) is 28.0 Å². The molecule has 0 bridgehead atoms. The van der Waals surface area contributed by atoms with Crippen LogP contribution < -0.4 is 10.1 Å². The number of aromatic amines is 2. The molecule has 318 valence electrons. The van der Waals surface area contributed by atoms with Crippen LogP contribution in [0.4, 0.5) is 9.59 Å². The van der Waals surface area contributed by atoms with Crippen LogP contribution >= 0.6 is 0 Å². The second-order valence-electron chi connectivity index (χ2n) is 17.9. The van der Waals surface area contributed by atoms with Gasteiger partial charge in [-0.25, -0.2) is 19.6 Å². The van der Waals surface area contributed by atoms with Gasteiger partial charge in [-0.15, -0.1) is 0 Å². The van der Waals surface area contributed by atoms with Gasteiger partial charge in [-0.2, -0.15) is 0 Å². The molecular weight excluding hydrogens is 775 g/mol. The minimum absolute atomic E-state index is 0.110. The molecule has 2 aromatic heterocycles. The average Bonchev–Trinajstić information content (AvgIpc) is 4.06. The Bertz CT molecular complexity index is 2680. The lowest BCUT2D eigenvalue weighted by atomic mass is 9.91. The highest BCUT2D eigenvalue weighted by molar-refractivity contribution is 6.07. The van der Waals surface area contributed by atoms with Gasteiger partial charge in [0.1, 0.15) is 35.6 Å². The first-order valence-electron chi connectivity index (χ1n) is 21.1. The van der Waals surface area contributed by atoms with E-state index in [1.807, 2.05) is 45.6 Å². The third-order valence-corrected chi connectivity index (χ3v) is 12.2. The number of H-pyrrole nitrogens is 2. The van der Waals surface area contributed by atoms with E-state index in [9.17, 15) is 14.4 Å². The Kier molecular flexibility index (Phi) is 10.4. The van der Waals surface area contributed by atoms with E-state index >= 15 is 0 Å². The Morgan fingerprint density at radius 1 is 0.902 bits per heavy atom. The van der Waals surface area contributed by atoms with Crippen LogP contribution in [-0.2, 0) is 25.6 Å². The van der Waals surface area contributed by atoms with Gasteiger partial charge in [0.15, 0.2) is 0 Å². The first-order chi connectivity index (χ1) is 29.3. The van der Waals surface area contributed by atoms with E-state index < -0.39 is 17.7 Å². The Hall–Kier alpha value is -6.15. The number of fused-ring (bicyclic) bond motifs is 7. The van der Waals surface area contributed by atoms with Crippen molar-refractivity contribution in [2.24, 2.45) is 11.8 Å². The summed E-state index contributed by atoms with van der Waals surface area (Å²) in [6.07, 6.45) is 1.37. The normalized spacial score (nSPS) is 19.3. The van der Waals surface area contributed by atoms with Gasteiger partial charge < -0.3 is 39.1 Å². The molecule has 14 nitrogen and oxygen atoms in total. The Labute approximate surface area is 354 Å². The lowest BCUT2D eigenvalue weighted by molar-refractivity contribution is -0.135. The van der Waals surface area contributed by atoms with Crippen LogP contribution in [-0.4, -0.2) is 93.4 Å². The average molecular weight is 828 g/mol. The highest BCUT2D eigenvalue weighted by atomic mass is 16.6. The maximum Gasteiger partial charge on any atom is 0.410 e. The topological polar surface area (TPSA) is 164 Å². The highest BCUT2D eigenvalue weighted by Crippen LogP contribution is 2.44. The number of ether oxygens (including phenoxy) is 4. The van der Waals surface area contributed by atoms with Gasteiger partial charge >= 0.3 is 12.2 Å². The number of rotatable bonds is 8. The fourth-order valence-corrected chi connectivity index (χ4v) is 9.26. The van der Waals surface area contributed by atoms with E-state index in [1.165, 1.54) is 7.11 Å². The zero-order valence-electron chi connectivity index (χ0n) is 35.8. The summed E-state index contributed by atoms with van der Waals surface area (Å²) < 4.78 is 22.5. The molecule has 6 aromatic rings. The molecule has 0 saturated carbocycles. The number of imidazole rings is 2. The number of carbonyl (C=O) groups is 3. The van der Waals surface area contributed by atoms with Crippen molar-refractivity contribution < 1.29 is 33.3 Å². The van der Waals surface area contributed by atoms with Gasteiger partial charge in [0.2, 0.25) is 5.91 Å². The number of benzene rings is 4. The lowest BCUT2D eigenvalue weighted by Crippen LogP contribution is -2.51. The summed E-state index contributed by atoms with van der Waals surface area (Å²) in [5.41, 5.74) is 8.15. The molecule has 1 unspecified atom stereocenters. The first-order valence-corrected chi connectivity index (χ1v) is 21.1. The minimum atomic E-state index is -0.694. The molecular formula is C47H53N7O7. The number of likely N-dealkylation sites (tertiary alicyclic amines) is 2. The van der Waals surface area contributed by atoms with Crippen molar-refractivity contribution in [1.82, 2.24) is 35.1 Å². The van der Waals surface area contributed by atoms with Gasteiger partial charge in [0, 0.05) is 37.1 Å². The maximum atomic E-state index is 13.7. The summed E-state index contributed by atoms with van der Waals surface area (Å²) in [4.78, 5) is 59.8. The molecule has 2 fully saturated rings. The largest absolute Gasteiger partial charge is 0.488 e. The number of nitrogens with zero attached hydrogens (tertiary/aromatic N) is 4. The zero-order chi connectivity index (χ0) is 42.7. The molecule has 14 heteroatoms. The predicted octanol–water partition coefficient (Wildman–Crippen LogP) is 8.81. The standard InChI is InChI=1S/C47H53N7O7/c1-25(2)40(52-45(56)59-7)44(55)53-16-8-9-37(53)42-48-34-14-11-28(20-36(34)50-42)27-10-13-31-30(18-27)24-60-39-21-32-29(19-33(31)39)12-15-35-41(32)51-43(49-35)38-17-26(23-58-6)22-54(38)46(57)61-47(3,4)5/h10-15,18-21,25-26,37-38,40H,8-9,16-17,22-24H2,1-7H3,(H,48,50)(H,49,51)(H,52,56)/t26-,37-,38?,40-/m0/s1. The molecule has 4 aromatic carbocycles. The zero-order valence-corrected chi connectivity index (χ0v) is 35.8. The predicted molar refractivity (Wildman–Crippen MR) is 232 cm³/mol. The Morgan fingerprint density at radius 3 is 2.44 bits per heavy atom. The van der Waals surface area contributed by atoms with E-state index in [1.54, 1.807) is 12.0 Å². The summed E-state index contributed by atoms with van der Waals surface area (Å²) in [7, 11) is 2.98. The maximum absolute atomic E-state index is 13.7. The van der Waals surface area contributed by atoms with E-state index in [0.717, 1.165) is 97.3 Å². The fourth-order valence-electron chi connectivity index (χ4n) is 9.26. The van der Waals surface area contributed by atoms with Crippen molar-refractivity contribution in [2.75, 3.05) is 33.9 Å². The summed E-state index contributed by atoms with van der Waals surface area (Å²) in [5.74, 6) is 2.19. The molecule has 3 N–H and O–H groups in total. The van der Waals surface area contributed by atoms with E-state index in [0.29, 0.717) is 26.3 Å². The van der Waals surface area contributed by atoms with Gasteiger partial charge in [0.25, 0.3) is 0 Å². The second kappa shape index (κ2) is 15.7. The quantitative estimate of drug-likeness (QED) is 0.136. The molecule has 0 spiro atoms. The van der Waals surface area contributed by atoms with Crippen molar-refractivity contribution in [1.29, 1.82) is 0 Å². The van der Waals surface area contributed by atoms with Crippen molar-refractivity contribution in [2.45, 2.75) is 84.2 Å². The number of amides is 3. The van der Waals surface area contributed by atoms with E-state index in [-0.39, 0.29) is 35.9 Å². The van der Waals surface area contributed by atoms with Crippen LogP contribution in [0.5, 0.6) is 5.75 Å². The molecule has 2 saturated heterocycles. The number of alkyl carbamates (subject to hydrolysis) is 1. The Morgan fingerprint density at radius 2 is 1.67 bits per heavy atom. The molecule has 3 aliphatic rings. The van der Waals surface area contributed by atoms with Crippen LogP contribution in [0.1, 0.15) is 83.2 Å². The highest BCUT2D eigenvalue weighted by Gasteiger charge is 2.41. The van der Waals surface area contributed by atoms with Crippen LogP contribution in [0.3, 0.4) is 0 Å². The lowest BCUT2D eigenvalue weighted by Gasteiger charge is -2.29. The SMILES string of the molecule is COC[C@H]1CC(c2nc3c(ccc4cc5c(cc43)OCc3cc(-c4ccc6nc([C@@H]7CCCN7C(=O)[C@@H](NC(=O)OC)C(C)C)[nH]c6c4)ccc3-5)[nH]2)N(C(=O)OC(C)(C)C)C1. The summed E-state index contributed by atoms with van der Waals surface area (Å²) in [5, 5.41) is 4.74. The monoisotopic (exact) mass is 827 g/mol.